The van der Waals surface area contributed by atoms with Gasteiger partial charge in [-0.2, -0.15) is 5.26 Å². The van der Waals surface area contributed by atoms with E-state index in [1.54, 1.807) is 12.1 Å². The lowest BCUT2D eigenvalue weighted by Crippen LogP contribution is -1.98. The van der Waals surface area contributed by atoms with E-state index in [1.165, 1.54) is 11.8 Å². The highest BCUT2D eigenvalue weighted by atomic mass is 32.2. The van der Waals surface area contributed by atoms with Crippen molar-refractivity contribution in [3.05, 3.63) is 23.8 Å². The van der Waals surface area contributed by atoms with Crippen LogP contribution in [0.2, 0.25) is 0 Å². The minimum Gasteiger partial charge on any atom is -0.398 e. The first-order chi connectivity index (χ1) is 8.78. The summed E-state index contributed by atoms with van der Waals surface area (Å²) >= 11 is 1.46. The van der Waals surface area contributed by atoms with Crippen LogP contribution in [0.15, 0.2) is 28.3 Å². The van der Waals surface area contributed by atoms with E-state index in [0.717, 1.165) is 22.9 Å². The Hall–Kier alpha value is -2.07. The Balaban J connectivity index is 1.86. The van der Waals surface area contributed by atoms with E-state index in [-0.39, 0.29) is 0 Å². The number of nitrogen functional groups attached to an aromatic ring is 1. The zero-order chi connectivity index (χ0) is 12.5. The Morgan fingerprint density at radius 3 is 2.94 bits per heavy atom. The molecule has 1 aliphatic carbocycles. The van der Waals surface area contributed by atoms with Gasteiger partial charge in [-0.05, 0) is 53.2 Å². The molecule has 0 aliphatic heterocycles. The maximum atomic E-state index is 8.82. The van der Waals surface area contributed by atoms with Crippen molar-refractivity contribution in [1.29, 1.82) is 5.26 Å². The molecule has 1 aromatic carbocycles. The van der Waals surface area contributed by atoms with Gasteiger partial charge < -0.3 is 5.73 Å². The number of rotatable bonds is 3. The van der Waals surface area contributed by atoms with Crippen molar-refractivity contribution in [3.8, 4) is 6.07 Å². The van der Waals surface area contributed by atoms with E-state index in [9.17, 15) is 0 Å². The Morgan fingerprint density at radius 2 is 2.28 bits per heavy atom. The molecule has 0 saturated heterocycles. The summed E-state index contributed by atoms with van der Waals surface area (Å²) in [4.78, 5) is 0.934. The Labute approximate surface area is 108 Å². The maximum Gasteiger partial charge on any atom is 0.214 e. The van der Waals surface area contributed by atoms with Gasteiger partial charge in [0, 0.05) is 4.90 Å². The highest BCUT2D eigenvalue weighted by molar-refractivity contribution is 7.99. The van der Waals surface area contributed by atoms with E-state index in [4.69, 9.17) is 11.0 Å². The molecule has 2 aromatic rings. The molecule has 0 atom stereocenters. The van der Waals surface area contributed by atoms with Crippen molar-refractivity contribution in [1.82, 2.24) is 20.2 Å². The number of benzene rings is 1. The molecule has 18 heavy (non-hydrogen) atoms. The second-order valence-electron chi connectivity index (χ2n) is 4.10. The molecule has 90 valence electrons. The molecule has 1 fully saturated rings. The average Bonchev–Trinajstić information content (AvgIpc) is 3.11. The lowest BCUT2D eigenvalue weighted by Gasteiger charge is -2.03. The van der Waals surface area contributed by atoms with Gasteiger partial charge >= 0.3 is 0 Å². The minimum atomic E-state index is 0.443. The molecule has 1 aliphatic rings. The maximum absolute atomic E-state index is 8.82. The van der Waals surface area contributed by atoms with Gasteiger partial charge in [0.15, 0.2) is 0 Å². The van der Waals surface area contributed by atoms with Crippen LogP contribution in [-0.4, -0.2) is 20.2 Å². The summed E-state index contributed by atoms with van der Waals surface area (Å²) in [6.07, 6.45) is 2.27. The van der Waals surface area contributed by atoms with Crippen LogP contribution in [0.5, 0.6) is 0 Å². The summed E-state index contributed by atoms with van der Waals surface area (Å²) in [5.41, 5.74) is 6.74. The molecule has 1 saturated carbocycles. The first-order valence-corrected chi connectivity index (χ1v) is 6.35. The summed E-state index contributed by atoms with van der Waals surface area (Å²) in [6, 6.07) is 7.82. The molecule has 6 nitrogen and oxygen atoms in total. The zero-order valence-electron chi connectivity index (χ0n) is 9.45. The van der Waals surface area contributed by atoms with Gasteiger partial charge in [0.25, 0.3) is 0 Å². The number of nitrogens with zero attached hydrogens (tertiary/aromatic N) is 5. The normalized spacial score (nSPS) is 14.4. The second-order valence-corrected chi connectivity index (χ2v) is 5.14. The topological polar surface area (TPSA) is 93.4 Å². The summed E-state index contributed by atoms with van der Waals surface area (Å²) in [5.74, 6) is 0. The fraction of sp³-hybridized carbons (Fsp3) is 0.273. The van der Waals surface area contributed by atoms with Crippen LogP contribution in [0.25, 0.3) is 0 Å². The zero-order valence-corrected chi connectivity index (χ0v) is 10.3. The quantitative estimate of drug-likeness (QED) is 0.841. The van der Waals surface area contributed by atoms with E-state index in [2.05, 4.69) is 15.5 Å². The molecule has 1 aromatic heterocycles. The minimum absolute atomic E-state index is 0.443. The summed E-state index contributed by atoms with van der Waals surface area (Å²) in [7, 11) is 0. The number of tetrazole rings is 1. The summed E-state index contributed by atoms with van der Waals surface area (Å²) in [5, 5.41) is 21.3. The summed E-state index contributed by atoms with van der Waals surface area (Å²) in [6.45, 7) is 0. The Bertz CT molecular complexity index is 625. The first-order valence-electron chi connectivity index (χ1n) is 5.53. The Kier molecular flexibility index (Phi) is 2.64. The molecule has 0 radical (unpaired) electrons. The van der Waals surface area contributed by atoms with Crippen molar-refractivity contribution < 1.29 is 0 Å². The van der Waals surface area contributed by atoms with E-state index in [1.807, 2.05) is 16.8 Å². The highest BCUT2D eigenvalue weighted by Crippen LogP contribution is 2.38. The molecule has 2 N–H and O–H groups in total. The third kappa shape index (κ3) is 2.02. The number of hydrogen-bond donors (Lipinski definition) is 1. The third-order valence-corrected chi connectivity index (χ3v) is 3.65. The van der Waals surface area contributed by atoms with Crippen molar-refractivity contribution in [3.63, 3.8) is 0 Å². The number of nitrogens with two attached hydrogens (primary N) is 1. The number of aromatic nitrogens is 4. The van der Waals surface area contributed by atoms with Gasteiger partial charge in [-0.1, -0.05) is 0 Å². The molecular formula is C11H10N6S. The van der Waals surface area contributed by atoms with Crippen molar-refractivity contribution >= 4 is 17.4 Å². The number of hydrogen-bond acceptors (Lipinski definition) is 6. The Morgan fingerprint density at radius 1 is 1.44 bits per heavy atom. The molecule has 0 bridgehead atoms. The van der Waals surface area contributed by atoms with Crippen molar-refractivity contribution in [2.45, 2.75) is 28.9 Å². The standard InChI is InChI=1S/C11H10N6S/c12-6-7-1-4-9(5-10(7)13)18-11-14-15-16-17(11)8-2-3-8/h1,4-5,8H,2-3,13H2. The molecule has 0 unspecified atom stereocenters. The number of nitriles is 1. The molecule has 7 heteroatoms. The lowest BCUT2D eigenvalue weighted by molar-refractivity contribution is 0.565. The molecule has 1 heterocycles. The van der Waals surface area contributed by atoms with Crippen LogP contribution in [0.4, 0.5) is 5.69 Å². The van der Waals surface area contributed by atoms with E-state index in [0.29, 0.717) is 17.3 Å². The van der Waals surface area contributed by atoms with Crippen LogP contribution < -0.4 is 5.73 Å². The van der Waals surface area contributed by atoms with Crippen LogP contribution >= 0.6 is 11.8 Å². The fourth-order valence-corrected chi connectivity index (χ4v) is 2.50. The van der Waals surface area contributed by atoms with Gasteiger partial charge in [0.1, 0.15) is 6.07 Å². The largest absolute Gasteiger partial charge is 0.398 e. The summed E-state index contributed by atoms with van der Waals surface area (Å²) < 4.78 is 1.85. The van der Waals surface area contributed by atoms with Crippen molar-refractivity contribution in [2.75, 3.05) is 5.73 Å². The third-order valence-electron chi connectivity index (χ3n) is 2.71. The molecule has 3 rings (SSSR count). The average molecular weight is 258 g/mol. The van der Waals surface area contributed by atoms with Crippen molar-refractivity contribution in [2.24, 2.45) is 0 Å². The van der Waals surface area contributed by atoms with E-state index >= 15 is 0 Å². The smallest absolute Gasteiger partial charge is 0.214 e. The fourth-order valence-electron chi connectivity index (χ4n) is 1.61. The van der Waals surface area contributed by atoms with Gasteiger partial charge in [0.2, 0.25) is 5.16 Å². The lowest BCUT2D eigenvalue weighted by atomic mass is 10.2. The first kappa shape index (κ1) is 11.0. The monoisotopic (exact) mass is 258 g/mol. The predicted molar refractivity (Wildman–Crippen MR) is 65.8 cm³/mol. The van der Waals surface area contributed by atoms with Gasteiger partial charge in [0.05, 0.1) is 17.3 Å². The second kappa shape index (κ2) is 4.31. The van der Waals surface area contributed by atoms with Crippen LogP contribution in [0.1, 0.15) is 24.4 Å². The van der Waals surface area contributed by atoms with E-state index < -0.39 is 0 Å². The van der Waals surface area contributed by atoms with Gasteiger partial charge in [-0.15, -0.1) is 5.10 Å². The highest BCUT2D eigenvalue weighted by Gasteiger charge is 2.28. The van der Waals surface area contributed by atoms with Gasteiger partial charge in [-0.25, -0.2) is 4.68 Å². The van der Waals surface area contributed by atoms with Crippen LogP contribution in [0, 0.1) is 11.3 Å². The predicted octanol–water partition coefficient (Wildman–Crippen LogP) is 1.61. The number of anilines is 1. The van der Waals surface area contributed by atoms with Gasteiger partial charge in [-0.3, -0.25) is 0 Å². The SMILES string of the molecule is N#Cc1ccc(Sc2nnnn2C2CC2)cc1N. The van der Waals surface area contributed by atoms with Crippen LogP contribution in [0.3, 0.4) is 0 Å². The molecule has 0 spiro atoms. The molecular weight excluding hydrogens is 248 g/mol. The van der Waals surface area contributed by atoms with Crippen LogP contribution in [-0.2, 0) is 0 Å². The molecule has 0 amide bonds.